The molecule has 0 spiro atoms. The summed E-state index contributed by atoms with van der Waals surface area (Å²) >= 11 is 0. The van der Waals surface area contributed by atoms with Gasteiger partial charge in [0.15, 0.2) is 0 Å². The topological polar surface area (TPSA) is 61.4 Å². The van der Waals surface area contributed by atoms with Crippen LogP contribution in [0.4, 0.5) is 10.1 Å². The number of benzene rings is 2. The zero-order valence-corrected chi connectivity index (χ0v) is 16.2. The Balaban J connectivity index is 1.80. The summed E-state index contributed by atoms with van der Waals surface area (Å²) in [5.41, 5.74) is 4.18. The Morgan fingerprint density at radius 1 is 0.963 bits per heavy atom. The number of nitrogens with one attached hydrogen (secondary N) is 2. The lowest BCUT2D eigenvalue weighted by Gasteiger charge is -2.17. The average Bonchev–Trinajstić information content (AvgIpc) is 2.59. The van der Waals surface area contributed by atoms with E-state index in [9.17, 15) is 14.0 Å². The monoisotopic (exact) mass is 371 g/mol. The molecule has 0 aliphatic heterocycles. The molecule has 2 aromatic carbocycles. The highest BCUT2D eigenvalue weighted by Gasteiger charge is 2.12. The Kier molecular flexibility index (Phi) is 7.07. The van der Waals surface area contributed by atoms with Gasteiger partial charge in [0.25, 0.3) is 0 Å². The van der Waals surface area contributed by atoms with Gasteiger partial charge >= 0.3 is 0 Å². The minimum atomic E-state index is -0.264. The summed E-state index contributed by atoms with van der Waals surface area (Å²) in [5.74, 6) is -0.629. The molecule has 0 aliphatic carbocycles. The highest BCUT2D eigenvalue weighted by molar-refractivity contribution is 5.94. The Hall–Kier alpha value is -2.73. The Morgan fingerprint density at radius 3 is 2.22 bits per heavy atom. The maximum Gasteiger partial charge on any atom is 0.238 e. The number of anilines is 1. The van der Waals surface area contributed by atoms with Crippen LogP contribution in [-0.2, 0) is 16.1 Å². The van der Waals surface area contributed by atoms with Crippen molar-refractivity contribution in [3.05, 3.63) is 64.5 Å². The van der Waals surface area contributed by atoms with Crippen molar-refractivity contribution in [2.24, 2.45) is 0 Å². The van der Waals surface area contributed by atoms with Gasteiger partial charge in [-0.05, 0) is 56.1 Å². The summed E-state index contributed by atoms with van der Waals surface area (Å²) in [5, 5.41) is 5.69. The molecule has 0 unspecified atom stereocenters. The molecule has 5 nitrogen and oxygen atoms in total. The molecule has 144 valence electrons. The SMILES string of the molecule is Cc1cc(CNC(=O)CN(C)CC(=O)Nc2c(C)cccc2C)ccc1F. The van der Waals surface area contributed by atoms with Crippen molar-refractivity contribution in [2.75, 3.05) is 25.5 Å². The number of para-hydroxylation sites is 1. The van der Waals surface area contributed by atoms with Crippen LogP contribution < -0.4 is 10.6 Å². The van der Waals surface area contributed by atoms with E-state index in [1.165, 1.54) is 6.07 Å². The number of aryl methyl sites for hydroxylation is 3. The fourth-order valence-electron chi connectivity index (χ4n) is 2.81. The maximum atomic E-state index is 13.3. The van der Waals surface area contributed by atoms with E-state index in [-0.39, 0.29) is 30.7 Å². The third kappa shape index (κ3) is 6.18. The summed E-state index contributed by atoms with van der Waals surface area (Å²) in [4.78, 5) is 26.0. The molecule has 27 heavy (non-hydrogen) atoms. The normalized spacial score (nSPS) is 10.7. The fraction of sp³-hybridized carbons (Fsp3) is 0.333. The second kappa shape index (κ2) is 9.28. The number of rotatable bonds is 7. The zero-order chi connectivity index (χ0) is 20.0. The molecule has 0 fully saturated rings. The van der Waals surface area contributed by atoms with Crippen molar-refractivity contribution >= 4 is 17.5 Å². The van der Waals surface area contributed by atoms with E-state index in [2.05, 4.69) is 10.6 Å². The van der Waals surface area contributed by atoms with E-state index in [1.54, 1.807) is 31.0 Å². The number of hydrogen-bond donors (Lipinski definition) is 2. The van der Waals surface area contributed by atoms with E-state index in [0.717, 1.165) is 22.4 Å². The van der Waals surface area contributed by atoms with Crippen molar-refractivity contribution < 1.29 is 14.0 Å². The van der Waals surface area contributed by atoms with Crippen molar-refractivity contribution in [2.45, 2.75) is 27.3 Å². The van der Waals surface area contributed by atoms with Gasteiger partial charge in [0, 0.05) is 12.2 Å². The lowest BCUT2D eigenvalue weighted by atomic mass is 10.1. The van der Waals surface area contributed by atoms with Crippen LogP contribution in [0, 0.1) is 26.6 Å². The van der Waals surface area contributed by atoms with Crippen molar-refractivity contribution in [3.8, 4) is 0 Å². The van der Waals surface area contributed by atoms with E-state index < -0.39 is 0 Å². The summed E-state index contributed by atoms with van der Waals surface area (Å²) in [7, 11) is 1.71. The Bertz CT molecular complexity index is 816. The molecule has 0 saturated carbocycles. The molecule has 0 aliphatic rings. The van der Waals surface area contributed by atoms with E-state index in [4.69, 9.17) is 0 Å². The number of hydrogen-bond acceptors (Lipinski definition) is 3. The second-order valence-corrected chi connectivity index (χ2v) is 6.85. The average molecular weight is 371 g/mol. The summed E-state index contributed by atoms with van der Waals surface area (Å²) < 4.78 is 13.3. The van der Waals surface area contributed by atoms with Gasteiger partial charge in [-0.25, -0.2) is 4.39 Å². The highest BCUT2D eigenvalue weighted by Crippen LogP contribution is 2.19. The lowest BCUT2D eigenvalue weighted by Crippen LogP contribution is -2.38. The predicted octanol–water partition coefficient (Wildman–Crippen LogP) is 2.94. The van der Waals surface area contributed by atoms with Crippen LogP contribution in [0.15, 0.2) is 36.4 Å². The number of amides is 2. The van der Waals surface area contributed by atoms with E-state index >= 15 is 0 Å². The number of halogens is 1. The van der Waals surface area contributed by atoms with Crippen LogP contribution in [0.1, 0.15) is 22.3 Å². The zero-order valence-electron chi connectivity index (χ0n) is 16.2. The molecule has 0 heterocycles. The van der Waals surface area contributed by atoms with E-state index in [1.807, 2.05) is 32.0 Å². The predicted molar refractivity (Wildman–Crippen MR) is 105 cm³/mol. The molecule has 0 radical (unpaired) electrons. The van der Waals surface area contributed by atoms with Crippen LogP contribution >= 0.6 is 0 Å². The van der Waals surface area contributed by atoms with Crippen LogP contribution in [0.5, 0.6) is 0 Å². The van der Waals surface area contributed by atoms with Gasteiger partial charge in [-0.1, -0.05) is 30.3 Å². The molecule has 2 aromatic rings. The van der Waals surface area contributed by atoms with Gasteiger partial charge in [-0.2, -0.15) is 0 Å². The van der Waals surface area contributed by atoms with Gasteiger partial charge in [-0.15, -0.1) is 0 Å². The van der Waals surface area contributed by atoms with Gasteiger partial charge in [0.1, 0.15) is 5.82 Å². The molecule has 0 aromatic heterocycles. The second-order valence-electron chi connectivity index (χ2n) is 6.85. The van der Waals surface area contributed by atoms with Gasteiger partial charge in [0.2, 0.25) is 11.8 Å². The maximum absolute atomic E-state index is 13.3. The first-order valence-electron chi connectivity index (χ1n) is 8.82. The van der Waals surface area contributed by atoms with E-state index in [0.29, 0.717) is 12.1 Å². The molecule has 2 N–H and O–H groups in total. The number of carbonyl (C=O) groups excluding carboxylic acids is 2. The van der Waals surface area contributed by atoms with Crippen molar-refractivity contribution in [1.82, 2.24) is 10.2 Å². The molecular formula is C21H26FN3O2. The standard InChI is InChI=1S/C21H26FN3O2/c1-14-6-5-7-15(2)21(14)24-20(27)13-25(4)12-19(26)23-11-17-8-9-18(22)16(3)10-17/h5-10H,11-13H2,1-4H3,(H,23,26)(H,24,27). The molecule has 0 saturated heterocycles. The molecule has 6 heteroatoms. The quantitative estimate of drug-likeness (QED) is 0.787. The molecule has 2 rings (SSSR count). The highest BCUT2D eigenvalue weighted by atomic mass is 19.1. The Labute approximate surface area is 159 Å². The minimum absolute atomic E-state index is 0.0976. The first-order chi connectivity index (χ1) is 12.8. The van der Waals surface area contributed by atoms with Crippen LogP contribution in [0.25, 0.3) is 0 Å². The first kappa shape index (κ1) is 20.6. The largest absolute Gasteiger partial charge is 0.351 e. The Morgan fingerprint density at radius 2 is 1.59 bits per heavy atom. The summed E-state index contributed by atoms with van der Waals surface area (Å²) in [6.07, 6.45) is 0. The minimum Gasteiger partial charge on any atom is -0.351 e. The number of nitrogens with zero attached hydrogens (tertiary/aromatic N) is 1. The molecule has 2 amide bonds. The van der Waals surface area contributed by atoms with Crippen LogP contribution in [0.3, 0.4) is 0 Å². The van der Waals surface area contributed by atoms with Crippen molar-refractivity contribution in [3.63, 3.8) is 0 Å². The smallest absolute Gasteiger partial charge is 0.238 e. The van der Waals surface area contributed by atoms with Crippen molar-refractivity contribution in [1.29, 1.82) is 0 Å². The first-order valence-corrected chi connectivity index (χ1v) is 8.82. The van der Waals surface area contributed by atoms with Crippen LogP contribution in [-0.4, -0.2) is 36.9 Å². The fourth-order valence-corrected chi connectivity index (χ4v) is 2.81. The summed E-state index contributed by atoms with van der Waals surface area (Å²) in [6.45, 7) is 6.09. The molecule has 0 atom stereocenters. The van der Waals surface area contributed by atoms with Crippen LogP contribution in [0.2, 0.25) is 0 Å². The van der Waals surface area contributed by atoms with Gasteiger partial charge < -0.3 is 10.6 Å². The molecule has 0 bridgehead atoms. The number of likely N-dealkylation sites (N-methyl/N-ethyl adjacent to an activating group) is 1. The number of carbonyl (C=O) groups is 2. The third-order valence-electron chi connectivity index (χ3n) is 4.28. The van der Waals surface area contributed by atoms with Gasteiger partial charge in [0.05, 0.1) is 13.1 Å². The summed E-state index contributed by atoms with van der Waals surface area (Å²) in [6, 6.07) is 10.6. The van der Waals surface area contributed by atoms with Gasteiger partial charge in [-0.3, -0.25) is 14.5 Å². The third-order valence-corrected chi connectivity index (χ3v) is 4.28. The molecular weight excluding hydrogens is 345 g/mol. The lowest BCUT2D eigenvalue weighted by molar-refractivity contribution is -0.123.